The van der Waals surface area contributed by atoms with E-state index in [0.29, 0.717) is 0 Å². The van der Waals surface area contributed by atoms with E-state index in [9.17, 15) is 4.79 Å². The number of likely N-dealkylation sites (tertiary alicyclic amines) is 1. The first-order valence-corrected chi connectivity index (χ1v) is 10.3. The van der Waals surface area contributed by atoms with Gasteiger partial charge >= 0.3 is 0 Å². The normalized spacial score (nSPS) is 22.1. The van der Waals surface area contributed by atoms with Crippen molar-refractivity contribution in [3.63, 3.8) is 0 Å². The number of ether oxygens (including phenoxy) is 1. The maximum atomic E-state index is 12.6. The minimum absolute atomic E-state index is 0.0287. The molecule has 0 aromatic rings. The zero-order chi connectivity index (χ0) is 20.0. The Morgan fingerprint density at radius 1 is 1.07 bits per heavy atom. The number of guanidine groups is 1. The van der Waals surface area contributed by atoms with Crippen molar-refractivity contribution in [2.24, 2.45) is 10.4 Å². The number of nitrogens with zero attached hydrogens (tertiary/aromatic N) is 4. The van der Waals surface area contributed by atoms with Crippen LogP contribution in [0.25, 0.3) is 0 Å². The van der Waals surface area contributed by atoms with E-state index in [0.717, 1.165) is 64.6 Å². The predicted molar refractivity (Wildman–Crippen MR) is 110 cm³/mol. The van der Waals surface area contributed by atoms with Crippen molar-refractivity contribution in [1.82, 2.24) is 20.0 Å². The molecule has 0 spiro atoms. The molecule has 7 heteroatoms. The highest BCUT2D eigenvalue weighted by Crippen LogP contribution is 2.21. The molecule has 7 nitrogen and oxygen atoms in total. The number of rotatable bonds is 5. The summed E-state index contributed by atoms with van der Waals surface area (Å²) in [6.07, 6.45) is 2.41. The lowest BCUT2D eigenvalue weighted by Crippen LogP contribution is -2.57. The molecule has 2 fully saturated rings. The third kappa shape index (κ3) is 5.82. The molecule has 0 bridgehead atoms. The van der Waals surface area contributed by atoms with Gasteiger partial charge in [0.1, 0.15) is 0 Å². The number of nitrogens with one attached hydrogen (secondary N) is 1. The summed E-state index contributed by atoms with van der Waals surface area (Å²) in [6.45, 7) is 14.7. The van der Waals surface area contributed by atoms with Gasteiger partial charge in [0.2, 0.25) is 5.91 Å². The third-order valence-electron chi connectivity index (χ3n) is 5.84. The molecule has 2 unspecified atom stereocenters. The molecule has 27 heavy (non-hydrogen) atoms. The molecular formula is C20H39N5O2. The predicted octanol–water partition coefficient (Wildman–Crippen LogP) is 1.25. The van der Waals surface area contributed by atoms with Gasteiger partial charge in [-0.25, -0.2) is 0 Å². The summed E-state index contributed by atoms with van der Waals surface area (Å²) in [5.41, 5.74) is 0.0741. The van der Waals surface area contributed by atoms with E-state index in [1.54, 1.807) is 7.11 Å². The smallest absolute Gasteiger partial charge is 0.239 e. The Labute approximate surface area is 165 Å². The highest BCUT2D eigenvalue weighted by molar-refractivity contribution is 5.82. The minimum atomic E-state index is -0.0287. The lowest BCUT2D eigenvalue weighted by atomic mass is 9.89. The van der Waals surface area contributed by atoms with Crippen LogP contribution in [0.5, 0.6) is 0 Å². The van der Waals surface area contributed by atoms with E-state index in [-0.39, 0.29) is 23.5 Å². The van der Waals surface area contributed by atoms with Crippen LogP contribution in [0.2, 0.25) is 0 Å². The second-order valence-electron chi connectivity index (χ2n) is 8.75. The molecule has 2 heterocycles. The van der Waals surface area contributed by atoms with E-state index in [1.807, 2.05) is 11.9 Å². The summed E-state index contributed by atoms with van der Waals surface area (Å²) in [5, 5.41) is 3.47. The molecule has 2 atom stereocenters. The van der Waals surface area contributed by atoms with Gasteiger partial charge < -0.3 is 19.9 Å². The van der Waals surface area contributed by atoms with Crippen molar-refractivity contribution in [2.45, 2.75) is 52.7 Å². The van der Waals surface area contributed by atoms with Crippen LogP contribution in [0.4, 0.5) is 0 Å². The van der Waals surface area contributed by atoms with Gasteiger partial charge in [0, 0.05) is 60.0 Å². The van der Waals surface area contributed by atoms with Crippen LogP contribution in [0.3, 0.4) is 0 Å². The van der Waals surface area contributed by atoms with E-state index in [2.05, 4.69) is 47.8 Å². The summed E-state index contributed by atoms with van der Waals surface area (Å²) in [4.78, 5) is 23.7. The average Bonchev–Trinajstić information content (AvgIpc) is 3.18. The van der Waals surface area contributed by atoms with Crippen LogP contribution >= 0.6 is 0 Å². The Morgan fingerprint density at radius 3 is 2.15 bits per heavy atom. The first-order valence-electron chi connectivity index (χ1n) is 10.3. The number of hydrogen-bond acceptors (Lipinski definition) is 4. The average molecular weight is 382 g/mol. The standard InChI is InChI=1S/C20H39N5O2/c1-16(18(26)24-9-7-8-10-24)23-11-13-25(14-12-23)19(21-5)22-15-17(27-6)20(2,3)4/h16-17H,7-15H2,1-6H3,(H,21,22). The van der Waals surface area contributed by atoms with E-state index >= 15 is 0 Å². The van der Waals surface area contributed by atoms with Crippen molar-refractivity contribution < 1.29 is 9.53 Å². The third-order valence-corrected chi connectivity index (χ3v) is 5.84. The molecule has 2 aliphatic heterocycles. The lowest BCUT2D eigenvalue weighted by Gasteiger charge is -2.40. The number of methoxy groups -OCH3 is 1. The molecule has 2 rings (SSSR count). The second-order valence-corrected chi connectivity index (χ2v) is 8.75. The van der Waals surface area contributed by atoms with Crippen molar-refractivity contribution in [3.05, 3.63) is 0 Å². The number of hydrogen-bond donors (Lipinski definition) is 1. The highest BCUT2D eigenvalue weighted by atomic mass is 16.5. The molecule has 2 aliphatic rings. The van der Waals surface area contributed by atoms with Crippen LogP contribution in [-0.4, -0.2) is 98.7 Å². The molecular weight excluding hydrogens is 342 g/mol. The molecule has 0 aromatic carbocycles. The summed E-state index contributed by atoms with van der Waals surface area (Å²) < 4.78 is 5.63. The molecule has 0 aliphatic carbocycles. The Bertz CT molecular complexity index is 503. The zero-order valence-corrected chi connectivity index (χ0v) is 18.1. The van der Waals surface area contributed by atoms with Gasteiger partial charge in [-0.05, 0) is 25.2 Å². The Kier molecular flexibility index (Phi) is 7.91. The maximum absolute atomic E-state index is 12.6. The van der Waals surface area contributed by atoms with Crippen molar-refractivity contribution in [1.29, 1.82) is 0 Å². The summed E-state index contributed by atoms with van der Waals surface area (Å²) in [7, 11) is 3.59. The molecule has 1 N–H and O–H groups in total. The quantitative estimate of drug-likeness (QED) is 0.574. The van der Waals surface area contributed by atoms with Crippen LogP contribution in [-0.2, 0) is 9.53 Å². The number of piperazine rings is 1. The van der Waals surface area contributed by atoms with Crippen LogP contribution in [0.1, 0.15) is 40.5 Å². The Morgan fingerprint density at radius 2 is 1.67 bits per heavy atom. The van der Waals surface area contributed by atoms with Gasteiger partial charge in [0.25, 0.3) is 0 Å². The second kappa shape index (κ2) is 9.73. The van der Waals surface area contributed by atoms with Crippen LogP contribution in [0.15, 0.2) is 4.99 Å². The largest absolute Gasteiger partial charge is 0.379 e. The zero-order valence-electron chi connectivity index (χ0n) is 18.1. The fraction of sp³-hybridized carbons (Fsp3) is 0.900. The fourth-order valence-corrected chi connectivity index (χ4v) is 3.94. The first kappa shape index (κ1) is 22.0. The van der Waals surface area contributed by atoms with Gasteiger partial charge in [-0.3, -0.25) is 14.7 Å². The molecule has 1 amide bonds. The van der Waals surface area contributed by atoms with Gasteiger partial charge in [0.15, 0.2) is 5.96 Å². The Hall–Kier alpha value is -1.34. The summed E-state index contributed by atoms with van der Waals surface area (Å²) in [6, 6.07) is -0.0287. The van der Waals surface area contributed by atoms with E-state index < -0.39 is 0 Å². The number of amides is 1. The first-order chi connectivity index (χ1) is 12.8. The highest BCUT2D eigenvalue weighted by Gasteiger charge is 2.31. The van der Waals surface area contributed by atoms with Gasteiger partial charge in [-0.2, -0.15) is 0 Å². The molecule has 156 valence electrons. The monoisotopic (exact) mass is 381 g/mol. The molecule has 0 aromatic heterocycles. The van der Waals surface area contributed by atoms with Gasteiger partial charge in [0.05, 0.1) is 12.1 Å². The SMILES string of the molecule is CN=C(NCC(OC)C(C)(C)C)N1CCN(C(C)C(=O)N2CCCC2)CC1. The Balaban J connectivity index is 1.83. The van der Waals surface area contributed by atoms with Crippen molar-refractivity contribution in [2.75, 3.05) is 60.0 Å². The van der Waals surface area contributed by atoms with Crippen molar-refractivity contribution >= 4 is 11.9 Å². The number of carbonyl (C=O) groups is 1. The van der Waals surface area contributed by atoms with Gasteiger partial charge in [-0.15, -0.1) is 0 Å². The fourth-order valence-electron chi connectivity index (χ4n) is 3.94. The van der Waals surface area contributed by atoms with Crippen LogP contribution in [0, 0.1) is 5.41 Å². The van der Waals surface area contributed by atoms with Gasteiger partial charge in [-0.1, -0.05) is 20.8 Å². The van der Waals surface area contributed by atoms with E-state index in [4.69, 9.17) is 4.74 Å². The molecule has 0 radical (unpaired) electrons. The summed E-state index contributed by atoms with van der Waals surface area (Å²) >= 11 is 0. The van der Waals surface area contributed by atoms with Crippen LogP contribution < -0.4 is 5.32 Å². The number of aliphatic imine (C=N–C) groups is 1. The lowest BCUT2D eigenvalue weighted by molar-refractivity contribution is -0.135. The topological polar surface area (TPSA) is 60.4 Å². The maximum Gasteiger partial charge on any atom is 0.239 e. The molecule has 0 saturated carbocycles. The van der Waals surface area contributed by atoms with E-state index in [1.165, 1.54) is 0 Å². The molecule has 2 saturated heterocycles. The van der Waals surface area contributed by atoms with Crippen molar-refractivity contribution in [3.8, 4) is 0 Å². The number of carbonyl (C=O) groups excluding carboxylic acids is 1. The summed E-state index contributed by atoms with van der Waals surface area (Å²) in [5.74, 6) is 1.20. The minimum Gasteiger partial charge on any atom is -0.379 e.